The third-order valence-electron chi connectivity index (χ3n) is 3.36. The van der Waals surface area contributed by atoms with Gasteiger partial charge in [0, 0.05) is 5.56 Å². The van der Waals surface area contributed by atoms with Crippen molar-refractivity contribution in [3.63, 3.8) is 0 Å². The molecule has 0 N–H and O–H groups in total. The molecule has 2 bridgehead atoms. The number of ether oxygens (including phenoxy) is 1. The van der Waals surface area contributed by atoms with Gasteiger partial charge in [0.25, 0.3) is 0 Å². The number of benzene rings is 1. The smallest absolute Gasteiger partial charge is 0.129 e. The molecule has 3 heteroatoms. The third-order valence-corrected chi connectivity index (χ3v) is 5.42. The molecule has 0 unspecified atom stereocenters. The van der Waals surface area contributed by atoms with Crippen LogP contribution < -0.4 is 5.19 Å². The Morgan fingerprint density at radius 2 is 1.69 bits per heavy atom. The molecule has 0 aliphatic carbocycles. The molecular formula is C13H15FOSi. The molecule has 1 nitrogen and oxygen atoms in total. The van der Waals surface area contributed by atoms with Gasteiger partial charge in [0.1, 0.15) is 18.0 Å². The zero-order chi connectivity index (χ0) is 11.5. The molecule has 3 rings (SSSR count). The van der Waals surface area contributed by atoms with Crippen molar-refractivity contribution in [1.82, 2.24) is 0 Å². The van der Waals surface area contributed by atoms with E-state index in [1.165, 1.54) is 5.19 Å². The number of fused-ring (bicyclic) bond motifs is 5. The van der Waals surface area contributed by atoms with E-state index in [0.29, 0.717) is 0 Å². The molecule has 0 spiro atoms. The van der Waals surface area contributed by atoms with E-state index in [1.54, 1.807) is 6.07 Å². The first-order valence-electron chi connectivity index (χ1n) is 5.65. The molecular weight excluding hydrogens is 219 g/mol. The highest BCUT2D eigenvalue weighted by Gasteiger charge is 2.39. The summed E-state index contributed by atoms with van der Waals surface area (Å²) in [4.78, 5) is 0. The molecule has 1 aromatic rings. The summed E-state index contributed by atoms with van der Waals surface area (Å²) in [5.74, 6) is -0.117. The highest BCUT2D eigenvalue weighted by molar-refractivity contribution is 6.89. The summed E-state index contributed by atoms with van der Waals surface area (Å²) in [7, 11) is -1.43. The second kappa shape index (κ2) is 3.05. The van der Waals surface area contributed by atoms with E-state index in [2.05, 4.69) is 25.7 Å². The quantitative estimate of drug-likeness (QED) is 0.536. The maximum absolute atomic E-state index is 13.8. The van der Waals surface area contributed by atoms with Crippen molar-refractivity contribution in [2.45, 2.75) is 31.8 Å². The minimum Gasteiger partial charge on any atom is -0.357 e. The molecule has 0 radical (unpaired) electrons. The molecule has 0 fully saturated rings. The lowest BCUT2D eigenvalue weighted by Crippen LogP contribution is -2.41. The SMILES string of the molecule is C[Si](C)(C)c1ccc(F)c2c1[C@H]1C=C[C@@H]2O1. The van der Waals surface area contributed by atoms with E-state index in [9.17, 15) is 4.39 Å². The normalized spacial score (nSPS) is 26.2. The molecule has 2 heterocycles. The summed E-state index contributed by atoms with van der Waals surface area (Å²) < 4.78 is 19.5. The van der Waals surface area contributed by atoms with E-state index in [1.807, 2.05) is 12.1 Å². The van der Waals surface area contributed by atoms with Crippen LogP contribution in [0.5, 0.6) is 0 Å². The minimum atomic E-state index is -1.43. The Labute approximate surface area is 95.9 Å². The van der Waals surface area contributed by atoms with Crippen LogP contribution in [0.4, 0.5) is 4.39 Å². The Hall–Kier alpha value is -0.933. The van der Waals surface area contributed by atoms with Gasteiger partial charge in [-0.1, -0.05) is 43.0 Å². The molecule has 84 valence electrons. The average Bonchev–Trinajstić information content (AvgIpc) is 2.76. The summed E-state index contributed by atoms with van der Waals surface area (Å²) in [6.45, 7) is 6.86. The first-order valence-corrected chi connectivity index (χ1v) is 9.15. The van der Waals surface area contributed by atoms with Gasteiger partial charge in [-0.3, -0.25) is 0 Å². The molecule has 2 atom stereocenters. The standard InChI is InChI=1S/C13H15FOSi/c1-16(2,3)11-7-4-8(14)12-9-5-6-10(15-9)13(11)12/h4-7,9-10H,1-3H3/t9-,10+/m0/s1. The lowest BCUT2D eigenvalue weighted by atomic mass is 9.96. The van der Waals surface area contributed by atoms with Crippen LogP contribution in [0, 0.1) is 5.82 Å². The monoisotopic (exact) mass is 234 g/mol. The summed E-state index contributed by atoms with van der Waals surface area (Å²) in [5.41, 5.74) is 1.90. The fourth-order valence-corrected chi connectivity index (χ4v) is 4.31. The van der Waals surface area contributed by atoms with Crippen molar-refractivity contribution in [3.05, 3.63) is 41.2 Å². The van der Waals surface area contributed by atoms with E-state index in [0.717, 1.165) is 11.1 Å². The summed E-state index contributed by atoms with van der Waals surface area (Å²) in [6.07, 6.45) is 3.87. The van der Waals surface area contributed by atoms with Gasteiger partial charge in [-0.15, -0.1) is 0 Å². The number of hydrogen-bond donors (Lipinski definition) is 0. The third kappa shape index (κ3) is 1.25. The van der Waals surface area contributed by atoms with Gasteiger partial charge in [0.05, 0.1) is 8.07 Å². The largest absolute Gasteiger partial charge is 0.357 e. The van der Waals surface area contributed by atoms with Crippen LogP contribution in [0.15, 0.2) is 24.3 Å². The van der Waals surface area contributed by atoms with E-state index in [4.69, 9.17) is 4.74 Å². The van der Waals surface area contributed by atoms with Crippen LogP contribution in [0.3, 0.4) is 0 Å². The zero-order valence-corrected chi connectivity index (χ0v) is 10.8. The average molecular weight is 234 g/mol. The Morgan fingerprint density at radius 3 is 2.31 bits per heavy atom. The molecule has 1 aromatic carbocycles. The van der Waals surface area contributed by atoms with Gasteiger partial charge in [-0.2, -0.15) is 0 Å². The minimum absolute atomic E-state index is 0.00238. The van der Waals surface area contributed by atoms with Crippen molar-refractivity contribution >= 4 is 13.3 Å². The van der Waals surface area contributed by atoms with Crippen LogP contribution in [0.25, 0.3) is 0 Å². The Balaban J connectivity index is 2.27. The molecule has 0 saturated heterocycles. The van der Waals surface area contributed by atoms with Gasteiger partial charge in [-0.25, -0.2) is 4.39 Å². The molecule has 16 heavy (non-hydrogen) atoms. The number of halogens is 1. The first kappa shape index (κ1) is 10.2. The predicted molar refractivity (Wildman–Crippen MR) is 65.1 cm³/mol. The lowest BCUT2D eigenvalue weighted by molar-refractivity contribution is 0.0869. The van der Waals surface area contributed by atoms with Crippen LogP contribution in [0.2, 0.25) is 19.6 Å². The topological polar surface area (TPSA) is 9.23 Å². The van der Waals surface area contributed by atoms with Gasteiger partial charge < -0.3 is 4.74 Å². The summed E-state index contributed by atoms with van der Waals surface area (Å²) >= 11 is 0. The first-order chi connectivity index (χ1) is 7.48. The van der Waals surface area contributed by atoms with Crippen molar-refractivity contribution in [3.8, 4) is 0 Å². The number of rotatable bonds is 1. The van der Waals surface area contributed by atoms with Gasteiger partial charge in [0.15, 0.2) is 0 Å². The van der Waals surface area contributed by atoms with Crippen LogP contribution in [-0.2, 0) is 4.74 Å². The van der Waals surface area contributed by atoms with Crippen molar-refractivity contribution in [2.75, 3.05) is 0 Å². The van der Waals surface area contributed by atoms with Crippen LogP contribution in [-0.4, -0.2) is 8.07 Å². The zero-order valence-electron chi connectivity index (χ0n) is 9.75. The second-order valence-corrected chi connectivity index (χ2v) is 10.6. The summed E-state index contributed by atoms with van der Waals surface area (Å²) in [5, 5.41) is 1.33. The van der Waals surface area contributed by atoms with Gasteiger partial charge >= 0.3 is 0 Å². The summed E-state index contributed by atoms with van der Waals surface area (Å²) in [6, 6.07) is 3.56. The maximum Gasteiger partial charge on any atom is 0.129 e. The molecule has 2 aliphatic rings. The fraction of sp³-hybridized carbons (Fsp3) is 0.385. The van der Waals surface area contributed by atoms with E-state index >= 15 is 0 Å². The second-order valence-electron chi connectivity index (χ2n) is 5.53. The van der Waals surface area contributed by atoms with Gasteiger partial charge in [-0.05, 0) is 11.6 Å². The Bertz CT molecular complexity index is 487. The van der Waals surface area contributed by atoms with Gasteiger partial charge in [0.2, 0.25) is 0 Å². The predicted octanol–water partition coefficient (Wildman–Crippen LogP) is 3.05. The highest BCUT2D eigenvalue weighted by Crippen LogP contribution is 2.46. The molecule has 0 aromatic heterocycles. The van der Waals surface area contributed by atoms with Crippen molar-refractivity contribution in [1.29, 1.82) is 0 Å². The number of hydrogen-bond acceptors (Lipinski definition) is 1. The van der Waals surface area contributed by atoms with Crippen LogP contribution >= 0.6 is 0 Å². The molecule has 2 aliphatic heterocycles. The van der Waals surface area contributed by atoms with E-state index in [-0.39, 0.29) is 18.0 Å². The molecule has 0 amide bonds. The Morgan fingerprint density at radius 1 is 1.06 bits per heavy atom. The van der Waals surface area contributed by atoms with Crippen molar-refractivity contribution < 1.29 is 9.13 Å². The van der Waals surface area contributed by atoms with Crippen molar-refractivity contribution in [2.24, 2.45) is 0 Å². The molecule has 0 saturated carbocycles. The van der Waals surface area contributed by atoms with Crippen LogP contribution in [0.1, 0.15) is 23.3 Å². The fourth-order valence-electron chi connectivity index (χ4n) is 2.64. The maximum atomic E-state index is 13.8. The lowest BCUT2D eigenvalue weighted by Gasteiger charge is -2.23. The highest BCUT2D eigenvalue weighted by atomic mass is 28.3. The Kier molecular flexibility index (Phi) is 1.95. The van der Waals surface area contributed by atoms with E-state index < -0.39 is 8.07 Å².